The molecule has 2 atom stereocenters. The molecule has 0 amide bonds. The van der Waals surface area contributed by atoms with Crippen LogP contribution in [0.2, 0.25) is 0 Å². The van der Waals surface area contributed by atoms with E-state index in [1.807, 2.05) is 36.8 Å². The Morgan fingerprint density at radius 1 is 0.338 bits per heavy atom. The zero-order valence-electron chi connectivity index (χ0n) is 40.2. The van der Waals surface area contributed by atoms with E-state index in [-0.39, 0.29) is 5.41 Å². The first kappa shape index (κ1) is 44.2. The standard InChI is InChI=1S/C68H57N3/c1-2-15-49(16-3-1)50-24-26-52(27-25-50)64-46-55(67-23-8-13-42-71-67)34-37-63(64)62-18-5-4-17-61(62)57-44-48(47-68(38-9-10-39-68)58-35-32-54(33-36-58)66-22-7-12-41-70-66)43-56(45-57)60-20-14-19-59(60)51-28-30-53(31-29-51)65-21-6-11-40-69-65/h1-8,11-13,15-18,21-37,40-46,59-60H,9-10,14,19-20,38-39,47H2. The molecule has 344 valence electrons. The predicted molar refractivity (Wildman–Crippen MR) is 294 cm³/mol. The molecule has 7 aromatic carbocycles. The summed E-state index contributed by atoms with van der Waals surface area (Å²) in [7, 11) is 0. The van der Waals surface area contributed by atoms with Gasteiger partial charge in [-0.2, -0.15) is 0 Å². The Labute approximate surface area is 419 Å². The van der Waals surface area contributed by atoms with E-state index in [2.05, 4.69) is 210 Å². The van der Waals surface area contributed by atoms with E-state index in [0.29, 0.717) is 11.8 Å². The average Bonchev–Trinajstić information content (AvgIpc) is 4.16. The highest BCUT2D eigenvalue weighted by Gasteiger charge is 2.37. The van der Waals surface area contributed by atoms with Crippen molar-refractivity contribution in [3.8, 4) is 78.3 Å². The maximum atomic E-state index is 4.79. The molecule has 2 unspecified atom stereocenters. The Morgan fingerprint density at radius 3 is 1.48 bits per heavy atom. The molecule has 12 rings (SSSR count). The maximum Gasteiger partial charge on any atom is 0.0702 e. The number of nitrogens with zero attached hydrogens (tertiary/aromatic N) is 3. The number of hydrogen-bond acceptors (Lipinski definition) is 3. The first-order valence-corrected chi connectivity index (χ1v) is 25.6. The van der Waals surface area contributed by atoms with Crippen LogP contribution in [0.25, 0.3) is 78.3 Å². The van der Waals surface area contributed by atoms with Gasteiger partial charge in [0.25, 0.3) is 0 Å². The Bertz CT molecular complexity index is 3380. The van der Waals surface area contributed by atoms with E-state index in [9.17, 15) is 0 Å². The average molecular weight is 916 g/mol. The fourth-order valence-electron chi connectivity index (χ4n) is 12.1. The van der Waals surface area contributed by atoms with Crippen molar-refractivity contribution in [3.05, 3.63) is 259 Å². The molecule has 71 heavy (non-hydrogen) atoms. The van der Waals surface area contributed by atoms with Crippen molar-refractivity contribution in [2.24, 2.45) is 0 Å². The molecule has 2 fully saturated rings. The predicted octanol–water partition coefficient (Wildman–Crippen LogP) is 17.6. The van der Waals surface area contributed by atoms with Crippen LogP contribution in [0.4, 0.5) is 0 Å². The van der Waals surface area contributed by atoms with Crippen molar-refractivity contribution in [1.29, 1.82) is 0 Å². The van der Waals surface area contributed by atoms with Crippen LogP contribution >= 0.6 is 0 Å². The SMILES string of the molecule is c1ccc(-c2ccc(-c3cc(-c4ccccn4)ccc3-c3ccccc3-c3cc(CC4(c5ccc(-c6ccccn6)cc5)CCCC4)cc(C4CCCC4c4ccc(-c5ccccn5)cc4)c3)cc2)cc1. The molecule has 0 saturated heterocycles. The summed E-state index contributed by atoms with van der Waals surface area (Å²) in [5.41, 5.74) is 22.1. The van der Waals surface area contributed by atoms with Gasteiger partial charge in [0, 0.05) is 35.3 Å². The fraction of sp³-hybridized carbons (Fsp3) is 0.162. The van der Waals surface area contributed by atoms with Gasteiger partial charge in [-0.3, -0.25) is 15.0 Å². The van der Waals surface area contributed by atoms with Crippen LogP contribution < -0.4 is 0 Å². The highest BCUT2D eigenvalue weighted by Crippen LogP contribution is 2.50. The number of pyridine rings is 3. The monoisotopic (exact) mass is 915 g/mol. The Kier molecular flexibility index (Phi) is 12.3. The van der Waals surface area contributed by atoms with Gasteiger partial charge < -0.3 is 0 Å². The second-order valence-corrected chi connectivity index (χ2v) is 19.9. The van der Waals surface area contributed by atoms with E-state index >= 15 is 0 Å². The van der Waals surface area contributed by atoms with E-state index in [1.165, 1.54) is 123 Å². The summed E-state index contributed by atoms with van der Waals surface area (Å²) >= 11 is 0. The second-order valence-electron chi connectivity index (χ2n) is 19.9. The summed E-state index contributed by atoms with van der Waals surface area (Å²) in [5.74, 6) is 0.852. The molecule has 2 aliphatic carbocycles. The third-order valence-corrected chi connectivity index (χ3v) is 15.6. The van der Waals surface area contributed by atoms with Crippen LogP contribution in [-0.2, 0) is 11.8 Å². The summed E-state index contributed by atoms with van der Waals surface area (Å²) in [5, 5.41) is 0. The topological polar surface area (TPSA) is 38.7 Å². The molecule has 3 heterocycles. The maximum absolute atomic E-state index is 4.79. The highest BCUT2D eigenvalue weighted by molar-refractivity contribution is 5.94. The third kappa shape index (κ3) is 9.17. The minimum Gasteiger partial charge on any atom is -0.256 e. The van der Waals surface area contributed by atoms with Crippen LogP contribution in [0.3, 0.4) is 0 Å². The van der Waals surface area contributed by atoms with Gasteiger partial charge in [0.2, 0.25) is 0 Å². The van der Waals surface area contributed by atoms with Gasteiger partial charge in [0.05, 0.1) is 17.1 Å². The molecule has 3 nitrogen and oxygen atoms in total. The number of hydrogen-bond donors (Lipinski definition) is 0. The molecule has 0 aliphatic heterocycles. The van der Waals surface area contributed by atoms with E-state index in [0.717, 1.165) is 29.1 Å². The van der Waals surface area contributed by atoms with Gasteiger partial charge in [0.1, 0.15) is 0 Å². The van der Waals surface area contributed by atoms with E-state index in [1.54, 1.807) is 0 Å². The quantitative estimate of drug-likeness (QED) is 0.123. The largest absolute Gasteiger partial charge is 0.256 e. The van der Waals surface area contributed by atoms with Gasteiger partial charge in [0.15, 0.2) is 0 Å². The lowest BCUT2D eigenvalue weighted by Crippen LogP contribution is -2.25. The van der Waals surface area contributed by atoms with Crippen molar-refractivity contribution < 1.29 is 0 Å². The lowest BCUT2D eigenvalue weighted by atomic mass is 9.73. The molecular weight excluding hydrogens is 859 g/mol. The first-order chi connectivity index (χ1) is 35.1. The van der Waals surface area contributed by atoms with Crippen molar-refractivity contribution in [2.75, 3.05) is 0 Å². The molecule has 0 bridgehead atoms. The first-order valence-electron chi connectivity index (χ1n) is 25.6. The molecule has 2 saturated carbocycles. The summed E-state index contributed by atoms with van der Waals surface area (Å²) in [6, 6.07) is 80.7. The lowest BCUT2D eigenvalue weighted by Gasteiger charge is -2.31. The van der Waals surface area contributed by atoms with Crippen molar-refractivity contribution in [1.82, 2.24) is 15.0 Å². The van der Waals surface area contributed by atoms with Crippen molar-refractivity contribution >= 4 is 0 Å². The van der Waals surface area contributed by atoms with Crippen molar-refractivity contribution in [3.63, 3.8) is 0 Å². The number of rotatable bonds is 12. The summed E-state index contributed by atoms with van der Waals surface area (Å²) in [6.07, 6.45) is 15.1. The van der Waals surface area contributed by atoms with Crippen LogP contribution in [0.5, 0.6) is 0 Å². The minimum atomic E-state index is 0.0643. The van der Waals surface area contributed by atoms with Gasteiger partial charge in [-0.25, -0.2) is 0 Å². The molecule has 0 N–H and O–H groups in total. The second kappa shape index (κ2) is 19.8. The zero-order valence-corrected chi connectivity index (χ0v) is 40.2. The lowest BCUT2D eigenvalue weighted by molar-refractivity contribution is 0.437. The molecule has 2 aliphatic rings. The van der Waals surface area contributed by atoms with Gasteiger partial charge in [-0.05, 0) is 159 Å². The third-order valence-electron chi connectivity index (χ3n) is 15.6. The van der Waals surface area contributed by atoms with Crippen molar-refractivity contribution in [2.45, 2.75) is 68.6 Å². The Balaban J connectivity index is 0.977. The van der Waals surface area contributed by atoms with Gasteiger partial charge in [-0.15, -0.1) is 0 Å². The fourth-order valence-corrected chi connectivity index (χ4v) is 12.1. The highest BCUT2D eigenvalue weighted by atomic mass is 14.7. The molecule has 0 spiro atoms. The molecule has 10 aromatic rings. The summed E-state index contributed by atoms with van der Waals surface area (Å²) in [6.45, 7) is 0. The normalized spacial score (nSPS) is 16.2. The van der Waals surface area contributed by atoms with Gasteiger partial charge in [-0.1, -0.05) is 195 Å². The summed E-state index contributed by atoms with van der Waals surface area (Å²) in [4.78, 5) is 14.1. The molecular formula is C68H57N3. The number of benzene rings is 7. The van der Waals surface area contributed by atoms with Crippen LogP contribution in [-0.4, -0.2) is 15.0 Å². The smallest absolute Gasteiger partial charge is 0.0702 e. The summed E-state index contributed by atoms with van der Waals surface area (Å²) < 4.78 is 0. The number of aromatic nitrogens is 3. The van der Waals surface area contributed by atoms with Gasteiger partial charge >= 0.3 is 0 Å². The molecule has 3 heteroatoms. The van der Waals surface area contributed by atoms with E-state index in [4.69, 9.17) is 4.98 Å². The van der Waals surface area contributed by atoms with Crippen LogP contribution in [0.1, 0.15) is 79.0 Å². The molecule has 3 aromatic heterocycles. The molecule has 0 radical (unpaired) electrons. The minimum absolute atomic E-state index is 0.0643. The van der Waals surface area contributed by atoms with Crippen LogP contribution in [0.15, 0.2) is 237 Å². The Hall–Kier alpha value is -8.01. The zero-order chi connectivity index (χ0) is 47.4. The Morgan fingerprint density at radius 2 is 0.845 bits per heavy atom. The van der Waals surface area contributed by atoms with Crippen LogP contribution in [0, 0.1) is 0 Å². The van der Waals surface area contributed by atoms with E-state index < -0.39 is 0 Å².